The van der Waals surface area contributed by atoms with Crippen LogP contribution in [-0.2, 0) is 19.4 Å². The zero-order chi connectivity index (χ0) is 23.1. The molecule has 1 aliphatic carbocycles. The number of anilines is 1. The second-order valence-electron chi connectivity index (χ2n) is 8.40. The number of thiophene rings is 1. The number of amides is 1. The maximum Gasteiger partial charge on any atom is 0.291 e. The monoisotopic (exact) mass is 470 g/mol. The fourth-order valence-corrected chi connectivity index (χ4v) is 5.77. The van der Waals surface area contributed by atoms with Crippen LogP contribution >= 0.6 is 11.3 Å². The number of nitrogens with one attached hydrogen (secondary N) is 2. The number of pyridine rings is 1. The number of furan rings is 1. The van der Waals surface area contributed by atoms with Gasteiger partial charge in [-0.15, -0.1) is 11.3 Å². The Balaban J connectivity index is 1.31. The van der Waals surface area contributed by atoms with Gasteiger partial charge >= 0.3 is 0 Å². The van der Waals surface area contributed by atoms with Crippen LogP contribution in [0.3, 0.4) is 0 Å². The van der Waals surface area contributed by atoms with Crippen LogP contribution in [-0.4, -0.2) is 20.4 Å². The predicted octanol–water partition coefficient (Wildman–Crippen LogP) is 5.23. The number of imidazole rings is 1. The Bertz CT molecular complexity index is 1540. The zero-order valence-electron chi connectivity index (χ0n) is 18.3. The number of para-hydroxylation sites is 2. The van der Waals surface area contributed by atoms with Crippen molar-refractivity contribution in [1.29, 1.82) is 0 Å². The van der Waals surface area contributed by atoms with Gasteiger partial charge in [0.15, 0.2) is 5.76 Å². The molecule has 0 unspecified atom stereocenters. The molecular formula is C26H22N4O3S. The van der Waals surface area contributed by atoms with Crippen molar-refractivity contribution in [2.75, 3.05) is 5.32 Å². The molecule has 170 valence electrons. The predicted molar refractivity (Wildman–Crippen MR) is 133 cm³/mol. The van der Waals surface area contributed by atoms with Crippen LogP contribution < -0.4 is 10.9 Å². The van der Waals surface area contributed by atoms with E-state index in [2.05, 4.69) is 10.3 Å². The third-order valence-corrected chi connectivity index (χ3v) is 7.34. The van der Waals surface area contributed by atoms with E-state index in [-0.39, 0.29) is 23.8 Å². The van der Waals surface area contributed by atoms with Gasteiger partial charge in [-0.05, 0) is 61.6 Å². The summed E-state index contributed by atoms with van der Waals surface area (Å²) in [6.45, 7) is 0.268. The summed E-state index contributed by atoms with van der Waals surface area (Å²) in [6.07, 6.45) is 5.97. The smallest absolute Gasteiger partial charge is 0.291 e. The molecule has 6 rings (SSSR count). The van der Waals surface area contributed by atoms with Crippen molar-refractivity contribution < 1.29 is 9.21 Å². The third kappa shape index (κ3) is 3.76. The first-order valence-corrected chi connectivity index (χ1v) is 12.1. The van der Waals surface area contributed by atoms with Crippen molar-refractivity contribution in [2.45, 2.75) is 32.2 Å². The van der Waals surface area contributed by atoms with Crippen LogP contribution in [0.1, 0.15) is 39.6 Å². The zero-order valence-corrected chi connectivity index (χ0v) is 19.2. The molecule has 5 aromatic rings. The number of carbonyl (C=O) groups excluding carboxylic acids is 1. The van der Waals surface area contributed by atoms with Gasteiger partial charge in [0.05, 0.1) is 23.1 Å². The van der Waals surface area contributed by atoms with Gasteiger partial charge in [0.2, 0.25) is 0 Å². The highest BCUT2D eigenvalue weighted by Crippen LogP contribution is 2.43. The van der Waals surface area contributed by atoms with Crippen molar-refractivity contribution in [3.8, 4) is 11.4 Å². The normalized spacial score (nSPS) is 13.2. The lowest BCUT2D eigenvalue weighted by Gasteiger charge is -2.11. The van der Waals surface area contributed by atoms with E-state index in [0.29, 0.717) is 5.76 Å². The summed E-state index contributed by atoms with van der Waals surface area (Å²) in [5, 5.41) is 3.86. The number of rotatable bonds is 5. The molecule has 1 aromatic carbocycles. The number of benzene rings is 1. The van der Waals surface area contributed by atoms with Crippen molar-refractivity contribution >= 4 is 33.3 Å². The highest BCUT2D eigenvalue weighted by Gasteiger charge is 2.26. The fraction of sp³-hybridized carbons (Fsp3) is 0.192. The van der Waals surface area contributed by atoms with Gasteiger partial charge in [-0.1, -0.05) is 18.2 Å². The van der Waals surface area contributed by atoms with Crippen molar-refractivity contribution in [1.82, 2.24) is 14.5 Å². The molecule has 1 aliphatic rings. The first-order chi connectivity index (χ1) is 16.7. The molecule has 4 aromatic heterocycles. The minimum atomic E-state index is -0.317. The third-order valence-electron chi connectivity index (χ3n) is 6.14. The largest absolute Gasteiger partial charge is 0.454 e. The quantitative estimate of drug-likeness (QED) is 0.368. The molecule has 34 heavy (non-hydrogen) atoms. The summed E-state index contributed by atoms with van der Waals surface area (Å²) >= 11 is 1.62. The number of fused-ring (bicyclic) bond motifs is 2. The summed E-state index contributed by atoms with van der Waals surface area (Å²) in [5.41, 5.74) is 4.00. The van der Waals surface area contributed by atoms with Crippen LogP contribution in [0.5, 0.6) is 0 Å². The van der Waals surface area contributed by atoms with Crippen LogP contribution in [0, 0.1) is 0 Å². The highest BCUT2D eigenvalue weighted by molar-refractivity contribution is 7.17. The topological polar surface area (TPSA) is 92.9 Å². The van der Waals surface area contributed by atoms with Crippen molar-refractivity contribution in [3.63, 3.8) is 0 Å². The van der Waals surface area contributed by atoms with Crippen LogP contribution in [0.2, 0.25) is 0 Å². The maximum absolute atomic E-state index is 13.1. The molecule has 1 amide bonds. The van der Waals surface area contributed by atoms with Gasteiger partial charge in [-0.2, -0.15) is 0 Å². The molecule has 0 saturated heterocycles. The molecule has 0 spiro atoms. The number of nitrogens with zero attached hydrogens (tertiary/aromatic N) is 2. The molecule has 4 heterocycles. The number of carbonyl (C=O) groups is 1. The SMILES string of the molecule is O=C(Nc1sc2c(c1-c1nc3ccccc3[nH]1)CCCC2)c1ccc(Cn2ccccc2=O)o1. The van der Waals surface area contributed by atoms with Crippen molar-refractivity contribution in [3.05, 3.63) is 93.1 Å². The summed E-state index contributed by atoms with van der Waals surface area (Å²) in [5.74, 6) is 1.21. The molecule has 0 fully saturated rings. The fourth-order valence-electron chi connectivity index (χ4n) is 4.48. The number of hydrogen-bond acceptors (Lipinski definition) is 5. The molecule has 8 heteroatoms. The average Bonchev–Trinajstić information content (AvgIpc) is 3.56. The van der Waals surface area contributed by atoms with Crippen LogP contribution in [0.4, 0.5) is 5.00 Å². The standard InChI is InChI=1S/C26H22N4O3S/c31-22-11-5-6-14-30(22)15-16-12-13-20(33-16)25(32)29-26-23(17-7-1-4-10-21(17)34-26)24-27-18-8-2-3-9-19(18)28-24/h2-3,5-6,8-9,11-14H,1,4,7,10,15H2,(H,27,28)(H,29,32). The number of aryl methyl sites for hydroxylation is 1. The Morgan fingerprint density at radius 3 is 2.82 bits per heavy atom. The molecule has 0 atom stereocenters. The minimum absolute atomic E-state index is 0.121. The summed E-state index contributed by atoms with van der Waals surface area (Å²) in [7, 11) is 0. The summed E-state index contributed by atoms with van der Waals surface area (Å²) in [6, 6.07) is 16.3. The Morgan fingerprint density at radius 2 is 1.94 bits per heavy atom. The summed E-state index contributed by atoms with van der Waals surface area (Å²) < 4.78 is 7.32. The number of H-pyrrole nitrogens is 1. The number of aromatic amines is 1. The van der Waals surface area contributed by atoms with Crippen molar-refractivity contribution in [2.24, 2.45) is 0 Å². The highest BCUT2D eigenvalue weighted by atomic mass is 32.1. The Hall–Kier alpha value is -3.91. The molecule has 0 radical (unpaired) electrons. The van der Waals surface area contributed by atoms with E-state index in [4.69, 9.17) is 9.40 Å². The second-order valence-corrected chi connectivity index (χ2v) is 9.51. The Kier molecular flexibility index (Phi) is 5.15. The molecule has 0 aliphatic heterocycles. The second kappa shape index (κ2) is 8.46. The van der Waals surface area contributed by atoms with Crippen LogP contribution in [0.15, 0.2) is 70.0 Å². The average molecular weight is 471 g/mol. The van der Waals surface area contributed by atoms with E-state index in [9.17, 15) is 9.59 Å². The number of hydrogen-bond donors (Lipinski definition) is 2. The Labute approximate surface area is 199 Å². The first-order valence-electron chi connectivity index (χ1n) is 11.3. The molecule has 2 N–H and O–H groups in total. The van der Waals surface area contributed by atoms with Gasteiger partial charge in [-0.3, -0.25) is 9.59 Å². The summed E-state index contributed by atoms with van der Waals surface area (Å²) in [4.78, 5) is 34.6. The Morgan fingerprint density at radius 1 is 1.09 bits per heavy atom. The lowest BCUT2D eigenvalue weighted by atomic mass is 9.95. The molecule has 7 nitrogen and oxygen atoms in total. The maximum atomic E-state index is 13.1. The molecule has 0 saturated carbocycles. The van der Waals surface area contributed by atoms with E-state index in [1.807, 2.05) is 24.3 Å². The van der Waals surface area contributed by atoms with Gasteiger partial charge < -0.3 is 19.3 Å². The number of aromatic nitrogens is 3. The first kappa shape index (κ1) is 20.7. The molecule has 0 bridgehead atoms. The van der Waals surface area contributed by atoms with Gasteiger partial charge in [-0.25, -0.2) is 4.98 Å². The van der Waals surface area contributed by atoms with E-state index < -0.39 is 0 Å². The lowest BCUT2D eigenvalue weighted by Crippen LogP contribution is -2.18. The lowest BCUT2D eigenvalue weighted by molar-refractivity contribution is 0.0995. The van der Waals surface area contributed by atoms with Crippen LogP contribution in [0.25, 0.3) is 22.4 Å². The molecular weight excluding hydrogens is 448 g/mol. The van der Waals surface area contributed by atoms with Gasteiger partial charge in [0.25, 0.3) is 11.5 Å². The van der Waals surface area contributed by atoms with Gasteiger partial charge in [0, 0.05) is 17.1 Å². The van der Waals surface area contributed by atoms with Gasteiger partial charge in [0.1, 0.15) is 16.6 Å². The minimum Gasteiger partial charge on any atom is -0.454 e. The van der Waals surface area contributed by atoms with E-state index >= 15 is 0 Å². The van der Waals surface area contributed by atoms with E-state index in [0.717, 1.165) is 53.1 Å². The van der Waals surface area contributed by atoms with E-state index in [1.165, 1.54) is 21.1 Å². The van der Waals surface area contributed by atoms with E-state index in [1.54, 1.807) is 41.8 Å².